The third kappa shape index (κ3) is 3.81. The number of nitrogens with one attached hydrogen (secondary N) is 1. The average Bonchev–Trinajstić information content (AvgIpc) is 3.07. The highest BCUT2D eigenvalue weighted by Gasteiger charge is 2.20. The fourth-order valence-electron chi connectivity index (χ4n) is 2.46. The monoisotopic (exact) mass is 266 g/mol. The van der Waals surface area contributed by atoms with Crippen molar-refractivity contribution in [1.82, 2.24) is 10.2 Å². The second kappa shape index (κ2) is 6.73. The summed E-state index contributed by atoms with van der Waals surface area (Å²) in [6, 6.07) is 1.73. The van der Waals surface area contributed by atoms with Crippen molar-refractivity contribution in [2.24, 2.45) is 5.92 Å². The topological polar surface area (TPSA) is 54.7 Å². The van der Waals surface area contributed by atoms with E-state index in [0.29, 0.717) is 12.1 Å². The molecule has 2 heterocycles. The van der Waals surface area contributed by atoms with E-state index >= 15 is 0 Å². The highest BCUT2D eigenvalue weighted by molar-refractivity contribution is 5.88. The molecule has 0 amide bonds. The molecule has 5 nitrogen and oxygen atoms in total. The molecule has 106 valence electrons. The highest BCUT2D eigenvalue weighted by atomic mass is 16.5. The van der Waals surface area contributed by atoms with Crippen LogP contribution in [0.5, 0.6) is 0 Å². The fourth-order valence-corrected chi connectivity index (χ4v) is 2.46. The summed E-state index contributed by atoms with van der Waals surface area (Å²) in [5.41, 5.74) is 0.470. The normalized spacial score (nSPS) is 19.8. The Bertz CT molecular complexity index is 417. The number of hydrogen-bond acceptors (Lipinski definition) is 5. The standard InChI is InChI=1S/C14H22N2O3/c1-3-16-5-4-11(9-16)7-15-8-13-6-12(10-19-13)14(17)18-2/h6,10-11,15H,3-5,7-9H2,1-2H3. The van der Waals surface area contributed by atoms with Gasteiger partial charge in [-0.3, -0.25) is 0 Å². The van der Waals surface area contributed by atoms with Gasteiger partial charge < -0.3 is 19.4 Å². The lowest BCUT2D eigenvalue weighted by Crippen LogP contribution is -2.26. The van der Waals surface area contributed by atoms with Crippen LogP contribution in [0.3, 0.4) is 0 Å². The smallest absolute Gasteiger partial charge is 0.341 e. The Morgan fingerprint density at radius 3 is 3.16 bits per heavy atom. The lowest BCUT2D eigenvalue weighted by atomic mass is 10.1. The molecule has 5 heteroatoms. The minimum Gasteiger partial charge on any atom is -0.467 e. The SMILES string of the molecule is CCN1CCC(CNCc2cc(C(=O)OC)co2)C1. The Kier molecular flexibility index (Phi) is 4.99. The van der Waals surface area contributed by atoms with Crippen molar-refractivity contribution >= 4 is 5.97 Å². The average molecular weight is 266 g/mol. The Hall–Kier alpha value is -1.33. The summed E-state index contributed by atoms with van der Waals surface area (Å²) >= 11 is 0. The summed E-state index contributed by atoms with van der Waals surface area (Å²) in [5.74, 6) is 1.13. The molecule has 2 rings (SSSR count). The fraction of sp³-hybridized carbons (Fsp3) is 0.643. The molecule has 0 spiro atoms. The number of ether oxygens (including phenoxy) is 1. The molecule has 1 aromatic rings. The van der Waals surface area contributed by atoms with E-state index in [0.717, 1.165) is 24.8 Å². The molecule has 0 aromatic carbocycles. The third-order valence-electron chi connectivity index (χ3n) is 3.62. The lowest BCUT2D eigenvalue weighted by Gasteiger charge is -2.13. The molecular weight excluding hydrogens is 244 g/mol. The van der Waals surface area contributed by atoms with Crippen molar-refractivity contribution in [2.45, 2.75) is 19.9 Å². The Morgan fingerprint density at radius 1 is 1.63 bits per heavy atom. The summed E-state index contributed by atoms with van der Waals surface area (Å²) in [5, 5.41) is 3.39. The number of furan rings is 1. The first-order chi connectivity index (χ1) is 9.22. The number of methoxy groups -OCH3 is 1. The molecule has 1 atom stereocenters. The summed E-state index contributed by atoms with van der Waals surface area (Å²) in [7, 11) is 1.37. The van der Waals surface area contributed by atoms with E-state index in [4.69, 9.17) is 4.42 Å². The first-order valence-electron chi connectivity index (χ1n) is 6.81. The van der Waals surface area contributed by atoms with Gasteiger partial charge in [0.05, 0.1) is 19.2 Å². The minimum atomic E-state index is -0.357. The molecule has 1 N–H and O–H groups in total. The van der Waals surface area contributed by atoms with Gasteiger partial charge in [-0.15, -0.1) is 0 Å². The highest BCUT2D eigenvalue weighted by Crippen LogP contribution is 2.15. The van der Waals surface area contributed by atoms with E-state index in [-0.39, 0.29) is 5.97 Å². The molecular formula is C14H22N2O3. The number of carbonyl (C=O) groups is 1. The van der Waals surface area contributed by atoms with Gasteiger partial charge in [0, 0.05) is 6.54 Å². The number of likely N-dealkylation sites (tertiary alicyclic amines) is 1. The van der Waals surface area contributed by atoms with Crippen molar-refractivity contribution in [3.05, 3.63) is 23.7 Å². The van der Waals surface area contributed by atoms with Crippen LogP contribution in [0.2, 0.25) is 0 Å². The van der Waals surface area contributed by atoms with Crippen molar-refractivity contribution < 1.29 is 13.9 Å². The number of esters is 1. The van der Waals surface area contributed by atoms with E-state index in [2.05, 4.69) is 21.9 Å². The van der Waals surface area contributed by atoms with Crippen LogP contribution in [-0.2, 0) is 11.3 Å². The van der Waals surface area contributed by atoms with E-state index in [1.165, 1.54) is 32.9 Å². The van der Waals surface area contributed by atoms with Crippen LogP contribution >= 0.6 is 0 Å². The number of nitrogens with zero attached hydrogens (tertiary/aromatic N) is 1. The van der Waals surface area contributed by atoms with Gasteiger partial charge in [-0.1, -0.05) is 6.92 Å². The molecule has 1 aromatic heterocycles. The zero-order valence-corrected chi connectivity index (χ0v) is 11.6. The number of carbonyl (C=O) groups excluding carboxylic acids is 1. The maximum atomic E-state index is 11.3. The molecule has 1 fully saturated rings. The van der Waals surface area contributed by atoms with Crippen molar-refractivity contribution in [1.29, 1.82) is 0 Å². The largest absolute Gasteiger partial charge is 0.467 e. The molecule has 1 unspecified atom stereocenters. The molecule has 1 aliphatic heterocycles. The number of rotatable bonds is 6. The van der Waals surface area contributed by atoms with Gasteiger partial charge in [0.2, 0.25) is 0 Å². The molecule has 0 saturated carbocycles. The second-order valence-electron chi connectivity index (χ2n) is 4.97. The first-order valence-corrected chi connectivity index (χ1v) is 6.81. The van der Waals surface area contributed by atoms with Crippen LogP contribution in [0.15, 0.2) is 16.7 Å². The zero-order chi connectivity index (χ0) is 13.7. The second-order valence-corrected chi connectivity index (χ2v) is 4.97. The summed E-state index contributed by atoms with van der Waals surface area (Å²) in [6.07, 6.45) is 2.70. The van der Waals surface area contributed by atoms with E-state index < -0.39 is 0 Å². The van der Waals surface area contributed by atoms with Gasteiger partial charge in [0.25, 0.3) is 0 Å². The minimum absolute atomic E-state index is 0.357. The van der Waals surface area contributed by atoms with Crippen LogP contribution in [0.1, 0.15) is 29.5 Å². The molecule has 1 aliphatic rings. The molecule has 0 radical (unpaired) electrons. The van der Waals surface area contributed by atoms with Crippen LogP contribution in [-0.4, -0.2) is 44.2 Å². The van der Waals surface area contributed by atoms with Gasteiger partial charge in [-0.05, 0) is 38.0 Å². The van der Waals surface area contributed by atoms with Gasteiger partial charge in [0.15, 0.2) is 0 Å². The van der Waals surface area contributed by atoms with Crippen molar-refractivity contribution in [3.63, 3.8) is 0 Å². The maximum Gasteiger partial charge on any atom is 0.341 e. The van der Waals surface area contributed by atoms with E-state index in [9.17, 15) is 4.79 Å². The quantitative estimate of drug-likeness (QED) is 0.791. The van der Waals surface area contributed by atoms with Crippen molar-refractivity contribution in [3.8, 4) is 0 Å². The van der Waals surface area contributed by atoms with Crippen LogP contribution in [0.4, 0.5) is 0 Å². The van der Waals surface area contributed by atoms with Crippen LogP contribution in [0, 0.1) is 5.92 Å². The summed E-state index contributed by atoms with van der Waals surface area (Å²) in [4.78, 5) is 13.7. The third-order valence-corrected chi connectivity index (χ3v) is 3.62. The molecule has 0 bridgehead atoms. The first kappa shape index (κ1) is 14.1. The van der Waals surface area contributed by atoms with Crippen molar-refractivity contribution in [2.75, 3.05) is 33.3 Å². The van der Waals surface area contributed by atoms with Gasteiger partial charge in [0.1, 0.15) is 12.0 Å². The molecule has 1 saturated heterocycles. The predicted octanol–water partition coefficient (Wildman–Crippen LogP) is 1.50. The Morgan fingerprint density at radius 2 is 2.47 bits per heavy atom. The van der Waals surface area contributed by atoms with Gasteiger partial charge in [-0.2, -0.15) is 0 Å². The van der Waals surface area contributed by atoms with Crippen LogP contribution in [0.25, 0.3) is 0 Å². The Balaban J connectivity index is 1.71. The summed E-state index contributed by atoms with van der Waals surface area (Å²) < 4.78 is 9.96. The predicted molar refractivity (Wildman–Crippen MR) is 72.0 cm³/mol. The summed E-state index contributed by atoms with van der Waals surface area (Å²) in [6.45, 7) is 7.36. The van der Waals surface area contributed by atoms with Gasteiger partial charge >= 0.3 is 5.97 Å². The Labute approximate surface area is 113 Å². The van der Waals surface area contributed by atoms with E-state index in [1.54, 1.807) is 6.07 Å². The van der Waals surface area contributed by atoms with E-state index in [1.807, 2.05) is 0 Å². The van der Waals surface area contributed by atoms with Crippen LogP contribution < -0.4 is 5.32 Å². The number of hydrogen-bond donors (Lipinski definition) is 1. The zero-order valence-electron chi connectivity index (χ0n) is 11.6. The van der Waals surface area contributed by atoms with Gasteiger partial charge in [-0.25, -0.2) is 4.79 Å². The molecule has 19 heavy (non-hydrogen) atoms. The maximum absolute atomic E-state index is 11.3. The lowest BCUT2D eigenvalue weighted by molar-refractivity contribution is 0.0600. The molecule has 0 aliphatic carbocycles.